The summed E-state index contributed by atoms with van der Waals surface area (Å²) in [4.78, 5) is 24.9. The quantitative estimate of drug-likeness (QED) is 0.530. The Morgan fingerprint density at radius 1 is 1.55 bits per heavy atom. The monoisotopic (exact) mass is 155 g/mol. The molecule has 0 spiro atoms. The second-order valence-corrected chi connectivity index (χ2v) is 2.19. The summed E-state index contributed by atoms with van der Waals surface area (Å²) in [6.45, 7) is 1.86. The van der Waals surface area contributed by atoms with Crippen molar-refractivity contribution in [3.8, 4) is 0 Å². The summed E-state index contributed by atoms with van der Waals surface area (Å²) in [6, 6.07) is 0. The Morgan fingerprint density at radius 3 is 2.73 bits per heavy atom. The number of aromatic amines is 1. The van der Waals surface area contributed by atoms with E-state index in [1.54, 1.807) is 7.05 Å². The van der Waals surface area contributed by atoms with Gasteiger partial charge in [0.2, 0.25) is 0 Å². The third kappa shape index (κ3) is 1.36. The molecule has 0 saturated heterocycles. The average Bonchev–Trinajstić information content (AvgIpc) is 1.97. The standard InChI is InChI=1S/C6H9N3O2/c1-3-4-7-5(10)6(11)8-9(4)2/h3H2,1-2H3,(H,8,11). The maximum absolute atomic E-state index is 10.7. The molecule has 1 rings (SSSR count). The molecule has 1 N–H and O–H groups in total. The maximum Gasteiger partial charge on any atom is 0.338 e. The van der Waals surface area contributed by atoms with Gasteiger partial charge in [-0.15, -0.1) is 0 Å². The van der Waals surface area contributed by atoms with Gasteiger partial charge >= 0.3 is 11.1 Å². The Balaban J connectivity index is 3.44. The van der Waals surface area contributed by atoms with E-state index in [0.29, 0.717) is 12.2 Å². The molecule has 0 fully saturated rings. The van der Waals surface area contributed by atoms with Crippen LogP contribution in [-0.4, -0.2) is 14.8 Å². The first-order valence-electron chi connectivity index (χ1n) is 3.31. The number of H-pyrrole nitrogens is 1. The zero-order valence-corrected chi connectivity index (χ0v) is 6.42. The van der Waals surface area contributed by atoms with Gasteiger partial charge < -0.3 is 0 Å². The fourth-order valence-electron chi connectivity index (χ4n) is 0.824. The molecule has 0 unspecified atom stereocenters. The summed E-state index contributed by atoms with van der Waals surface area (Å²) in [5, 5.41) is 2.34. The Labute approximate surface area is 62.7 Å². The van der Waals surface area contributed by atoms with Crippen molar-refractivity contribution in [2.75, 3.05) is 0 Å². The first-order chi connectivity index (χ1) is 5.15. The summed E-state index contributed by atoms with van der Waals surface area (Å²) in [5.41, 5.74) is -1.40. The lowest BCUT2D eigenvalue weighted by atomic mass is 10.4. The van der Waals surface area contributed by atoms with Crippen LogP contribution in [0.1, 0.15) is 12.7 Å². The molecule has 0 bridgehead atoms. The fraction of sp³-hybridized carbons (Fsp3) is 0.500. The van der Waals surface area contributed by atoms with Crippen molar-refractivity contribution >= 4 is 0 Å². The van der Waals surface area contributed by atoms with Gasteiger partial charge in [-0.1, -0.05) is 6.92 Å². The molecule has 0 aromatic carbocycles. The lowest BCUT2D eigenvalue weighted by molar-refractivity contribution is 0.629. The Kier molecular flexibility index (Phi) is 1.89. The van der Waals surface area contributed by atoms with E-state index in [1.807, 2.05) is 6.92 Å². The summed E-state index contributed by atoms with van der Waals surface area (Å²) in [7, 11) is 1.65. The second kappa shape index (κ2) is 2.69. The van der Waals surface area contributed by atoms with E-state index >= 15 is 0 Å². The molecule has 1 aromatic heterocycles. The average molecular weight is 155 g/mol. The summed E-state index contributed by atoms with van der Waals surface area (Å²) in [5.74, 6) is 0.578. The summed E-state index contributed by atoms with van der Waals surface area (Å²) in [6.07, 6.45) is 0.627. The molecule has 60 valence electrons. The van der Waals surface area contributed by atoms with Crippen molar-refractivity contribution in [2.24, 2.45) is 7.05 Å². The van der Waals surface area contributed by atoms with Crippen LogP contribution in [0, 0.1) is 0 Å². The molecule has 1 aromatic rings. The van der Waals surface area contributed by atoms with Crippen LogP contribution >= 0.6 is 0 Å². The molecule has 0 aliphatic rings. The molecule has 0 aliphatic carbocycles. The minimum atomic E-state index is -0.722. The Morgan fingerprint density at radius 2 is 2.18 bits per heavy atom. The minimum absolute atomic E-state index is 0.578. The van der Waals surface area contributed by atoms with Crippen LogP contribution < -0.4 is 11.1 Å². The predicted molar refractivity (Wildman–Crippen MR) is 39.5 cm³/mol. The fourth-order valence-corrected chi connectivity index (χ4v) is 0.824. The number of rotatable bonds is 1. The highest BCUT2D eigenvalue weighted by Crippen LogP contribution is 1.83. The molecule has 0 atom stereocenters. The van der Waals surface area contributed by atoms with Gasteiger partial charge in [0.15, 0.2) is 0 Å². The van der Waals surface area contributed by atoms with Gasteiger partial charge in [-0.05, 0) is 0 Å². The second-order valence-electron chi connectivity index (χ2n) is 2.19. The van der Waals surface area contributed by atoms with Gasteiger partial charge in [-0.3, -0.25) is 19.4 Å². The van der Waals surface area contributed by atoms with Crippen LogP contribution in [0.2, 0.25) is 0 Å². The number of aromatic nitrogens is 3. The molecule has 0 amide bonds. The predicted octanol–water partition coefficient (Wildman–Crippen LogP) is -0.969. The highest BCUT2D eigenvalue weighted by atomic mass is 16.2. The molecule has 0 radical (unpaired) electrons. The van der Waals surface area contributed by atoms with Gasteiger partial charge in [0.05, 0.1) is 0 Å². The lowest BCUT2D eigenvalue weighted by Gasteiger charge is -2.01. The van der Waals surface area contributed by atoms with Crippen molar-refractivity contribution in [2.45, 2.75) is 13.3 Å². The molecule has 5 heteroatoms. The SMILES string of the molecule is CCc1nc(=O)c(=O)[nH]n1C. The summed E-state index contributed by atoms with van der Waals surface area (Å²) < 4.78 is 1.45. The largest absolute Gasteiger partial charge is 0.338 e. The van der Waals surface area contributed by atoms with E-state index in [4.69, 9.17) is 0 Å². The number of aryl methyl sites for hydroxylation is 2. The zero-order chi connectivity index (χ0) is 8.43. The first kappa shape index (κ1) is 7.71. The highest BCUT2D eigenvalue weighted by molar-refractivity contribution is 4.84. The third-order valence-electron chi connectivity index (χ3n) is 1.40. The van der Waals surface area contributed by atoms with Gasteiger partial charge in [0, 0.05) is 13.5 Å². The van der Waals surface area contributed by atoms with Crippen molar-refractivity contribution in [1.82, 2.24) is 14.8 Å². The smallest absolute Gasteiger partial charge is 0.274 e. The van der Waals surface area contributed by atoms with Crippen LogP contribution in [0.15, 0.2) is 9.59 Å². The maximum atomic E-state index is 10.7. The van der Waals surface area contributed by atoms with Crippen molar-refractivity contribution in [3.63, 3.8) is 0 Å². The Bertz CT molecular complexity index is 363. The highest BCUT2D eigenvalue weighted by Gasteiger charge is 1.99. The Hall–Kier alpha value is -1.39. The first-order valence-corrected chi connectivity index (χ1v) is 3.31. The number of nitrogens with one attached hydrogen (secondary N) is 1. The zero-order valence-electron chi connectivity index (χ0n) is 6.42. The molecular weight excluding hydrogens is 146 g/mol. The van der Waals surface area contributed by atoms with E-state index in [2.05, 4.69) is 10.1 Å². The van der Waals surface area contributed by atoms with E-state index in [0.717, 1.165) is 0 Å². The van der Waals surface area contributed by atoms with Crippen LogP contribution in [0.3, 0.4) is 0 Å². The van der Waals surface area contributed by atoms with E-state index in [-0.39, 0.29) is 0 Å². The minimum Gasteiger partial charge on any atom is -0.274 e. The lowest BCUT2D eigenvalue weighted by Crippen LogP contribution is -2.34. The molecule has 0 aliphatic heterocycles. The topological polar surface area (TPSA) is 67.8 Å². The number of hydrogen-bond acceptors (Lipinski definition) is 3. The van der Waals surface area contributed by atoms with Crippen LogP contribution in [-0.2, 0) is 13.5 Å². The van der Waals surface area contributed by atoms with Gasteiger partial charge in [-0.25, -0.2) is 0 Å². The van der Waals surface area contributed by atoms with Crippen molar-refractivity contribution < 1.29 is 0 Å². The number of hydrogen-bond donors (Lipinski definition) is 1. The van der Waals surface area contributed by atoms with Crippen molar-refractivity contribution in [3.05, 3.63) is 26.5 Å². The molecule has 5 nitrogen and oxygen atoms in total. The van der Waals surface area contributed by atoms with Crippen molar-refractivity contribution in [1.29, 1.82) is 0 Å². The van der Waals surface area contributed by atoms with Crippen LogP contribution in [0.4, 0.5) is 0 Å². The van der Waals surface area contributed by atoms with Gasteiger partial charge in [0.25, 0.3) is 0 Å². The van der Waals surface area contributed by atoms with E-state index < -0.39 is 11.1 Å². The molecule has 0 saturated carbocycles. The molecule has 11 heavy (non-hydrogen) atoms. The summed E-state index contributed by atoms with van der Waals surface area (Å²) >= 11 is 0. The van der Waals surface area contributed by atoms with E-state index in [9.17, 15) is 9.59 Å². The van der Waals surface area contributed by atoms with Gasteiger partial charge in [0.1, 0.15) is 5.82 Å². The van der Waals surface area contributed by atoms with Crippen LogP contribution in [0.25, 0.3) is 0 Å². The molecular formula is C6H9N3O2. The molecule has 1 heterocycles. The van der Waals surface area contributed by atoms with Crippen LogP contribution in [0.5, 0.6) is 0 Å². The number of nitrogens with zero attached hydrogens (tertiary/aromatic N) is 2. The van der Waals surface area contributed by atoms with Gasteiger partial charge in [-0.2, -0.15) is 4.98 Å². The van der Waals surface area contributed by atoms with E-state index in [1.165, 1.54) is 4.68 Å². The third-order valence-corrected chi connectivity index (χ3v) is 1.40. The normalized spacial score (nSPS) is 10.0.